The molecule has 3 heteroatoms. The summed E-state index contributed by atoms with van der Waals surface area (Å²) < 4.78 is 6.04. The second-order valence-electron chi connectivity index (χ2n) is 7.95. The van der Waals surface area contributed by atoms with Crippen LogP contribution < -0.4 is 5.46 Å². The monoisotopic (exact) mass is 330 g/mol. The maximum Gasteiger partial charge on any atom is 0.309 e. The molecule has 0 fully saturated rings. The molecule has 0 heterocycles. The fourth-order valence-corrected chi connectivity index (χ4v) is 3.37. The molecule has 3 aromatic carbocycles. The van der Waals surface area contributed by atoms with Gasteiger partial charge < -0.3 is 9.76 Å². The van der Waals surface area contributed by atoms with Gasteiger partial charge in [-0.25, -0.2) is 0 Å². The van der Waals surface area contributed by atoms with Gasteiger partial charge in [-0.1, -0.05) is 60.1 Å². The van der Waals surface area contributed by atoms with E-state index in [4.69, 9.17) is 4.65 Å². The molecule has 0 atom stereocenters. The Morgan fingerprint density at radius 3 is 2.08 bits per heavy atom. The summed E-state index contributed by atoms with van der Waals surface area (Å²) in [5.41, 5.74) is 4.78. The van der Waals surface area contributed by atoms with E-state index in [2.05, 4.69) is 54.6 Å². The minimum Gasteiger partial charge on any atom is -0.427 e. The highest BCUT2D eigenvalue weighted by atomic mass is 16.5. The largest absolute Gasteiger partial charge is 0.427 e. The Balaban J connectivity index is 1.70. The van der Waals surface area contributed by atoms with E-state index in [1.54, 1.807) is 13.8 Å². The quantitative estimate of drug-likeness (QED) is 0.573. The Labute approximate surface area is 149 Å². The van der Waals surface area contributed by atoms with Crippen molar-refractivity contribution in [3.05, 3.63) is 54.6 Å². The second-order valence-corrected chi connectivity index (χ2v) is 7.95. The molecule has 0 spiro atoms. The van der Waals surface area contributed by atoms with Gasteiger partial charge in [-0.15, -0.1) is 0 Å². The summed E-state index contributed by atoms with van der Waals surface area (Å²) >= 11 is 0. The highest BCUT2D eigenvalue weighted by Crippen LogP contribution is 2.46. The summed E-state index contributed by atoms with van der Waals surface area (Å²) in [7, 11) is 0.483. The molecule has 0 aromatic heterocycles. The predicted octanol–water partition coefficient (Wildman–Crippen LogP) is 4.03. The number of fused-ring (bicyclic) bond motifs is 3. The molecule has 0 unspecified atom stereocenters. The van der Waals surface area contributed by atoms with Gasteiger partial charge in [0.15, 0.2) is 0 Å². The Bertz CT molecular complexity index is 962. The first-order valence-corrected chi connectivity index (χ1v) is 8.80. The summed E-state index contributed by atoms with van der Waals surface area (Å²) in [6, 6.07) is 19.5. The van der Waals surface area contributed by atoms with Gasteiger partial charge >= 0.3 is 7.48 Å². The third kappa shape index (κ3) is 2.59. The van der Waals surface area contributed by atoms with E-state index in [1.165, 1.54) is 33.0 Å². The van der Waals surface area contributed by atoms with Crippen LogP contribution in [0.25, 0.3) is 33.0 Å². The molecule has 126 valence electrons. The first-order chi connectivity index (χ1) is 11.8. The Kier molecular flexibility index (Phi) is 3.57. The number of rotatable bonds is 4. The van der Waals surface area contributed by atoms with Crippen LogP contribution in [0.1, 0.15) is 27.7 Å². The maximum atomic E-state index is 10.3. The van der Waals surface area contributed by atoms with Gasteiger partial charge in [-0.3, -0.25) is 0 Å². The lowest BCUT2D eigenvalue weighted by Crippen LogP contribution is -2.49. The van der Waals surface area contributed by atoms with E-state index in [1.807, 2.05) is 13.8 Å². The molecule has 0 bridgehead atoms. The average molecular weight is 330 g/mol. The molecule has 4 rings (SSSR count). The molecule has 2 nitrogen and oxygen atoms in total. The molecule has 0 amide bonds. The Morgan fingerprint density at radius 1 is 0.800 bits per heavy atom. The van der Waals surface area contributed by atoms with Gasteiger partial charge in [0, 0.05) is 0 Å². The van der Waals surface area contributed by atoms with E-state index < -0.39 is 11.2 Å². The summed E-state index contributed by atoms with van der Waals surface area (Å²) in [5.74, 6) is 0. The first kappa shape index (κ1) is 16.4. The summed E-state index contributed by atoms with van der Waals surface area (Å²) in [6.45, 7) is 7.42. The summed E-state index contributed by atoms with van der Waals surface area (Å²) in [6.07, 6.45) is 0. The minimum atomic E-state index is -0.897. The van der Waals surface area contributed by atoms with Crippen LogP contribution in [-0.2, 0) is 4.65 Å². The van der Waals surface area contributed by atoms with Crippen LogP contribution in [0.4, 0.5) is 0 Å². The topological polar surface area (TPSA) is 29.5 Å². The van der Waals surface area contributed by atoms with E-state index in [9.17, 15) is 5.11 Å². The lowest BCUT2D eigenvalue weighted by atomic mass is 9.81. The van der Waals surface area contributed by atoms with E-state index >= 15 is 0 Å². The summed E-state index contributed by atoms with van der Waals surface area (Å²) in [4.78, 5) is 0. The zero-order chi connectivity index (χ0) is 17.8. The Morgan fingerprint density at radius 2 is 1.44 bits per heavy atom. The zero-order valence-electron chi connectivity index (χ0n) is 15.3. The van der Waals surface area contributed by atoms with Crippen LogP contribution in [0.3, 0.4) is 0 Å². The van der Waals surface area contributed by atoms with Crippen molar-refractivity contribution in [2.45, 2.75) is 38.9 Å². The van der Waals surface area contributed by atoms with Gasteiger partial charge in [0.05, 0.1) is 11.2 Å². The second kappa shape index (κ2) is 5.45. The molecule has 1 N–H and O–H groups in total. The van der Waals surface area contributed by atoms with Crippen LogP contribution in [-0.4, -0.2) is 23.8 Å². The smallest absolute Gasteiger partial charge is 0.309 e. The fourth-order valence-electron chi connectivity index (χ4n) is 3.37. The zero-order valence-corrected chi connectivity index (χ0v) is 15.3. The van der Waals surface area contributed by atoms with Crippen molar-refractivity contribution in [1.29, 1.82) is 0 Å². The van der Waals surface area contributed by atoms with Crippen LogP contribution in [0.15, 0.2) is 54.6 Å². The van der Waals surface area contributed by atoms with Crippen molar-refractivity contribution in [1.82, 2.24) is 0 Å². The molecule has 25 heavy (non-hydrogen) atoms. The SMILES string of the molecule is CC(C)(O)C(C)(C)OBc1ccc2c(c1)-c1cccc3cccc-2c13. The van der Waals surface area contributed by atoms with Crippen LogP contribution in [0.5, 0.6) is 0 Å². The molecule has 0 aliphatic heterocycles. The maximum absolute atomic E-state index is 10.3. The van der Waals surface area contributed by atoms with Gasteiger partial charge in [0.2, 0.25) is 0 Å². The van der Waals surface area contributed by atoms with Gasteiger partial charge in [0.25, 0.3) is 0 Å². The number of hydrogen-bond donors (Lipinski definition) is 1. The molecular formula is C22H23BO2. The fraction of sp³-hybridized carbons (Fsp3) is 0.273. The Hall–Kier alpha value is -2.10. The van der Waals surface area contributed by atoms with Gasteiger partial charge in [0.1, 0.15) is 0 Å². The van der Waals surface area contributed by atoms with Crippen molar-refractivity contribution in [3.8, 4) is 22.3 Å². The molecule has 1 aliphatic rings. The molecule has 0 radical (unpaired) electrons. The number of aliphatic hydroxyl groups is 1. The van der Waals surface area contributed by atoms with Crippen molar-refractivity contribution < 1.29 is 9.76 Å². The normalized spacial score (nSPS) is 13.2. The van der Waals surface area contributed by atoms with Crippen molar-refractivity contribution >= 4 is 23.7 Å². The highest BCUT2D eigenvalue weighted by Gasteiger charge is 2.35. The van der Waals surface area contributed by atoms with Crippen molar-refractivity contribution in [2.24, 2.45) is 0 Å². The molecule has 1 aliphatic carbocycles. The van der Waals surface area contributed by atoms with Crippen molar-refractivity contribution in [2.75, 3.05) is 0 Å². The van der Waals surface area contributed by atoms with E-state index in [0.29, 0.717) is 7.48 Å². The standard InChI is InChI=1S/C22H23BO2/c1-21(2,24)22(3,4)25-23-15-11-12-16-17-9-5-7-14-8-6-10-18(20(14)17)19(16)13-15/h5-13,23-24H,1-4H3. The lowest BCUT2D eigenvalue weighted by molar-refractivity contribution is -0.0893. The number of hydrogen-bond acceptors (Lipinski definition) is 2. The molecule has 0 saturated carbocycles. The number of benzene rings is 3. The predicted molar refractivity (Wildman–Crippen MR) is 107 cm³/mol. The van der Waals surface area contributed by atoms with E-state index in [0.717, 1.165) is 5.46 Å². The highest BCUT2D eigenvalue weighted by molar-refractivity contribution is 6.47. The third-order valence-corrected chi connectivity index (χ3v) is 5.64. The van der Waals surface area contributed by atoms with E-state index in [-0.39, 0.29) is 0 Å². The lowest BCUT2D eigenvalue weighted by Gasteiger charge is -2.37. The van der Waals surface area contributed by atoms with Gasteiger partial charge in [-0.05, 0) is 60.7 Å². The minimum absolute atomic E-state index is 0.483. The van der Waals surface area contributed by atoms with Crippen LogP contribution in [0.2, 0.25) is 0 Å². The van der Waals surface area contributed by atoms with Crippen LogP contribution >= 0.6 is 0 Å². The van der Waals surface area contributed by atoms with Crippen LogP contribution in [0, 0.1) is 0 Å². The molecule has 3 aromatic rings. The van der Waals surface area contributed by atoms with Gasteiger partial charge in [-0.2, -0.15) is 0 Å². The summed E-state index contributed by atoms with van der Waals surface area (Å²) in [5, 5.41) is 12.9. The average Bonchev–Trinajstić information content (AvgIpc) is 2.88. The first-order valence-electron chi connectivity index (χ1n) is 8.80. The van der Waals surface area contributed by atoms with Crippen molar-refractivity contribution in [3.63, 3.8) is 0 Å². The molecule has 0 saturated heterocycles. The molecular weight excluding hydrogens is 307 g/mol. The third-order valence-electron chi connectivity index (χ3n) is 5.64.